The van der Waals surface area contributed by atoms with Crippen LogP contribution in [0, 0.1) is 6.92 Å². The molecule has 0 spiro atoms. The zero-order chi connectivity index (χ0) is 18.5. The van der Waals surface area contributed by atoms with Crippen LogP contribution in [-0.4, -0.2) is 20.9 Å². The molecule has 8 nitrogen and oxygen atoms in total. The number of aryl methyl sites for hydroxylation is 1. The normalized spacial score (nSPS) is 10.2. The number of nitrogens with zero attached hydrogens (tertiary/aromatic N) is 3. The van der Waals surface area contributed by atoms with Crippen LogP contribution in [0.25, 0.3) is 0 Å². The first-order chi connectivity index (χ1) is 12.5. The standard InChI is InChI=1S/C18H19N7O/c1-11-4-3-9-20-16(11)25-18-15(19)17(21-10-22-18)24-14-7-5-13(6-8-14)23-12(2)26/h3-10H,19H2,1-2H3,(H,23,26)(H2,20,21,22,24,25). The summed E-state index contributed by atoms with van der Waals surface area (Å²) in [5.41, 5.74) is 9.04. The number of nitrogens with two attached hydrogens (primary N) is 1. The largest absolute Gasteiger partial charge is 0.393 e. The molecule has 0 aliphatic carbocycles. The highest BCUT2D eigenvalue weighted by atomic mass is 16.1. The van der Waals surface area contributed by atoms with E-state index in [0.29, 0.717) is 28.8 Å². The second-order valence-electron chi connectivity index (χ2n) is 5.66. The lowest BCUT2D eigenvalue weighted by Gasteiger charge is -2.13. The lowest BCUT2D eigenvalue weighted by Crippen LogP contribution is -2.07. The summed E-state index contributed by atoms with van der Waals surface area (Å²) in [6, 6.07) is 11.0. The molecule has 0 fully saturated rings. The summed E-state index contributed by atoms with van der Waals surface area (Å²) in [5, 5.41) is 8.98. The fraction of sp³-hybridized carbons (Fsp3) is 0.111. The summed E-state index contributed by atoms with van der Waals surface area (Å²) in [6.07, 6.45) is 3.12. The Morgan fingerprint density at radius 2 is 1.58 bits per heavy atom. The quantitative estimate of drug-likeness (QED) is 0.558. The van der Waals surface area contributed by atoms with Gasteiger partial charge in [0.25, 0.3) is 0 Å². The van der Waals surface area contributed by atoms with Crippen molar-refractivity contribution in [3.05, 3.63) is 54.5 Å². The van der Waals surface area contributed by atoms with Crippen LogP contribution in [0.15, 0.2) is 48.9 Å². The van der Waals surface area contributed by atoms with Crippen molar-refractivity contribution in [2.75, 3.05) is 21.7 Å². The molecular formula is C18H19N7O. The Morgan fingerprint density at radius 1 is 0.923 bits per heavy atom. The molecule has 0 aliphatic rings. The number of pyridine rings is 1. The molecule has 0 bridgehead atoms. The van der Waals surface area contributed by atoms with Gasteiger partial charge in [-0.25, -0.2) is 15.0 Å². The van der Waals surface area contributed by atoms with Crippen molar-refractivity contribution < 1.29 is 4.79 Å². The topological polar surface area (TPSA) is 118 Å². The number of rotatable bonds is 5. The van der Waals surface area contributed by atoms with E-state index in [1.54, 1.807) is 18.3 Å². The number of hydrogen-bond donors (Lipinski definition) is 4. The molecule has 2 heterocycles. The molecule has 0 saturated carbocycles. The highest BCUT2D eigenvalue weighted by Crippen LogP contribution is 2.28. The van der Waals surface area contributed by atoms with Gasteiger partial charge >= 0.3 is 0 Å². The lowest BCUT2D eigenvalue weighted by molar-refractivity contribution is -0.114. The maximum Gasteiger partial charge on any atom is 0.221 e. The summed E-state index contributed by atoms with van der Waals surface area (Å²) in [6.45, 7) is 3.41. The molecule has 0 aliphatic heterocycles. The molecule has 1 aromatic carbocycles. The van der Waals surface area contributed by atoms with Crippen molar-refractivity contribution in [3.63, 3.8) is 0 Å². The van der Waals surface area contributed by atoms with Gasteiger partial charge in [-0.05, 0) is 42.8 Å². The van der Waals surface area contributed by atoms with E-state index in [2.05, 4.69) is 30.9 Å². The molecule has 2 aromatic heterocycles. The zero-order valence-corrected chi connectivity index (χ0v) is 14.4. The van der Waals surface area contributed by atoms with Crippen molar-refractivity contribution in [2.24, 2.45) is 0 Å². The summed E-state index contributed by atoms with van der Waals surface area (Å²) in [5.74, 6) is 1.51. The number of benzene rings is 1. The van der Waals surface area contributed by atoms with Crippen molar-refractivity contribution in [2.45, 2.75) is 13.8 Å². The summed E-state index contributed by atoms with van der Waals surface area (Å²) in [4.78, 5) is 23.7. The molecule has 5 N–H and O–H groups in total. The molecule has 8 heteroatoms. The maximum atomic E-state index is 11.1. The van der Waals surface area contributed by atoms with E-state index in [1.807, 2.05) is 31.2 Å². The van der Waals surface area contributed by atoms with Crippen LogP contribution < -0.4 is 21.7 Å². The Morgan fingerprint density at radius 3 is 2.23 bits per heavy atom. The van der Waals surface area contributed by atoms with Crippen LogP contribution in [-0.2, 0) is 4.79 Å². The third-order valence-electron chi connectivity index (χ3n) is 3.60. The highest BCUT2D eigenvalue weighted by molar-refractivity contribution is 5.89. The van der Waals surface area contributed by atoms with Gasteiger partial charge in [0, 0.05) is 24.5 Å². The van der Waals surface area contributed by atoms with E-state index in [4.69, 9.17) is 5.73 Å². The molecule has 3 aromatic rings. The average Bonchev–Trinajstić information content (AvgIpc) is 2.61. The van der Waals surface area contributed by atoms with Crippen LogP contribution in [0.3, 0.4) is 0 Å². The zero-order valence-electron chi connectivity index (χ0n) is 14.4. The minimum Gasteiger partial charge on any atom is -0.393 e. The third-order valence-corrected chi connectivity index (χ3v) is 3.60. The molecule has 132 valence electrons. The van der Waals surface area contributed by atoms with Crippen LogP contribution in [0.1, 0.15) is 12.5 Å². The van der Waals surface area contributed by atoms with Gasteiger partial charge in [-0.15, -0.1) is 0 Å². The molecule has 0 atom stereocenters. The predicted molar refractivity (Wildman–Crippen MR) is 103 cm³/mol. The van der Waals surface area contributed by atoms with Crippen molar-refractivity contribution >= 4 is 40.4 Å². The minimum absolute atomic E-state index is 0.119. The van der Waals surface area contributed by atoms with Gasteiger partial charge in [0.1, 0.15) is 17.8 Å². The second-order valence-corrected chi connectivity index (χ2v) is 5.66. The fourth-order valence-electron chi connectivity index (χ4n) is 2.30. The number of hydrogen-bond acceptors (Lipinski definition) is 7. The molecule has 0 unspecified atom stereocenters. The first kappa shape index (κ1) is 17.2. The van der Waals surface area contributed by atoms with Gasteiger partial charge in [-0.1, -0.05) is 6.07 Å². The second kappa shape index (κ2) is 7.47. The van der Waals surface area contributed by atoms with Gasteiger partial charge in [0.2, 0.25) is 5.91 Å². The SMILES string of the molecule is CC(=O)Nc1ccc(Nc2ncnc(Nc3ncccc3C)c2N)cc1. The van der Waals surface area contributed by atoms with Gasteiger partial charge in [-0.2, -0.15) is 0 Å². The first-order valence-electron chi connectivity index (χ1n) is 7.96. The van der Waals surface area contributed by atoms with Gasteiger partial charge in [0.15, 0.2) is 11.6 Å². The number of carbonyl (C=O) groups excluding carboxylic acids is 1. The van der Waals surface area contributed by atoms with Crippen molar-refractivity contribution in [1.29, 1.82) is 0 Å². The van der Waals surface area contributed by atoms with Gasteiger partial charge in [0.05, 0.1) is 0 Å². The van der Waals surface area contributed by atoms with E-state index in [0.717, 1.165) is 11.3 Å². The van der Waals surface area contributed by atoms with Crippen LogP contribution in [0.5, 0.6) is 0 Å². The smallest absolute Gasteiger partial charge is 0.221 e. The summed E-state index contributed by atoms with van der Waals surface area (Å²) >= 11 is 0. The fourth-order valence-corrected chi connectivity index (χ4v) is 2.30. The molecule has 26 heavy (non-hydrogen) atoms. The summed E-state index contributed by atoms with van der Waals surface area (Å²) < 4.78 is 0. The number of anilines is 6. The average molecular weight is 349 g/mol. The molecule has 3 rings (SSSR count). The van der Waals surface area contributed by atoms with Crippen molar-refractivity contribution in [1.82, 2.24) is 15.0 Å². The van der Waals surface area contributed by atoms with Crippen LogP contribution in [0.4, 0.5) is 34.5 Å². The Kier molecular flexibility index (Phi) is 4.93. The van der Waals surface area contributed by atoms with Gasteiger partial charge < -0.3 is 21.7 Å². The molecule has 0 saturated heterocycles. The highest BCUT2D eigenvalue weighted by Gasteiger charge is 2.10. The molecular weight excluding hydrogens is 330 g/mol. The van der Waals surface area contributed by atoms with Crippen molar-refractivity contribution in [3.8, 4) is 0 Å². The third kappa shape index (κ3) is 4.04. The Balaban J connectivity index is 1.79. The molecule has 1 amide bonds. The maximum absolute atomic E-state index is 11.1. The number of amides is 1. The molecule has 0 radical (unpaired) electrons. The van der Waals surface area contributed by atoms with E-state index in [-0.39, 0.29) is 5.91 Å². The lowest BCUT2D eigenvalue weighted by atomic mass is 10.2. The minimum atomic E-state index is -0.119. The number of carbonyl (C=O) groups is 1. The predicted octanol–water partition coefficient (Wildman–Crippen LogP) is 3.21. The summed E-state index contributed by atoms with van der Waals surface area (Å²) in [7, 11) is 0. The number of nitrogens with one attached hydrogen (secondary N) is 3. The Bertz CT molecular complexity index is 925. The Labute approximate surface area is 150 Å². The first-order valence-corrected chi connectivity index (χ1v) is 7.96. The van der Waals surface area contributed by atoms with E-state index in [9.17, 15) is 4.79 Å². The van der Waals surface area contributed by atoms with E-state index < -0.39 is 0 Å². The van der Waals surface area contributed by atoms with Crippen LogP contribution in [0.2, 0.25) is 0 Å². The monoisotopic (exact) mass is 349 g/mol. The number of nitrogen functional groups attached to an aromatic ring is 1. The van der Waals surface area contributed by atoms with Crippen LogP contribution >= 0.6 is 0 Å². The van der Waals surface area contributed by atoms with E-state index in [1.165, 1.54) is 13.3 Å². The number of aromatic nitrogens is 3. The van der Waals surface area contributed by atoms with E-state index >= 15 is 0 Å². The Hall–Kier alpha value is -3.68. The van der Waals surface area contributed by atoms with Gasteiger partial charge in [-0.3, -0.25) is 4.79 Å².